The number of halogens is 1. The third-order valence-electron chi connectivity index (χ3n) is 5.44. The molecule has 2 fully saturated rings. The van der Waals surface area contributed by atoms with Crippen molar-refractivity contribution in [2.45, 2.75) is 38.7 Å². The van der Waals surface area contributed by atoms with Crippen LogP contribution in [0, 0.1) is 5.82 Å². The Balaban J connectivity index is 1.66. The number of hydrogen-bond acceptors (Lipinski definition) is 6. The van der Waals surface area contributed by atoms with Crippen LogP contribution in [-0.4, -0.2) is 55.7 Å². The lowest BCUT2D eigenvalue weighted by Crippen LogP contribution is -2.35. The Labute approximate surface area is 184 Å². The van der Waals surface area contributed by atoms with E-state index in [0.717, 1.165) is 5.56 Å². The van der Waals surface area contributed by atoms with E-state index in [1.165, 1.54) is 6.07 Å². The van der Waals surface area contributed by atoms with Gasteiger partial charge in [-0.15, -0.1) is 0 Å². The second-order valence-electron chi connectivity index (χ2n) is 8.99. The second-order valence-corrected chi connectivity index (χ2v) is 10.6. The predicted molar refractivity (Wildman–Crippen MR) is 115 cm³/mol. The Bertz CT molecular complexity index is 1220. The van der Waals surface area contributed by atoms with E-state index < -0.39 is 51.6 Å². The van der Waals surface area contributed by atoms with E-state index >= 15 is 4.39 Å². The van der Waals surface area contributed by atoms with Crippen LogP contribution < -0.4 is 9.03 Å². The molecule has 2 heterocycles. The van der Waals surface area contributed by atoms with Crippen LogP contribution in [0.15, 0.2) is 24.3 Å². The molecule has 4 rings (SSSR count). The summed E-state index contributed by atoms with van der Waals surface area (Å²) in [6.07, 6.45) is 0.256. The van der Waals surface area contributed by atoms with Crippen molar-refractivity contribution in [3.63, 3.8) is 0 Å². The van der Waals surface area contributed by atoms with Gasteiger partial charge in [0.2, 0.25) is 0 Å². The number of amides is 2. The molecule has 2 aliphatic heterocycles. The van der Waals surface area contributed by atoms with Crippen LogP contribution in [0.2, 0.25) is 0 Å². The van der Waals surface area contributed by atoms with Crippen molar-refractivity contribution < 1.29 is 32.2 Å². The molecule has 2 aromatic rings. The molecule has 0 aliphatic carbocycles. The van der Waals surface area contributed by atoms with Gasteiger partial charge in [-0.1, -0.05) is 12.1 Å². The number of benzene rings is 2. The van der Waals surface area contributed by atoms with Gasteiger partial charge >= 0.3 is 16.3 Å². The normalized spacial score (nSPS) is 20.6. The second kappa shape index (κ2) is 7.51. The fraction of sp³-hybridized carbons (Fsp3) is 0.429. The molecule has 0 saturated carbocycles. The maximum atomic E-state index is 15.4. The lowest BCUT2D eigenvalue weighted by atomic mass is 9.95. The number of rotatable bonds is 2. The van der Waals surface area contributed by atoms with Crippen LogP contribution in [0.4, 0.5) is 14.9 Å². The molecule has 2 amide bonds. The zero-order valence-electron chi connectivity index (χ0n) is 17.9. The molecule has 32 heavy (non-hydrogen) atoms. The molecule has 11 heteroatoms. The summed E-state index contributed by atoms with van der Waals surface area (Å²) in [5.74, 6) is -2.39. The van der Waals surface area contributed by atoms with E-state index in [0.29, 0.717) is 29.2 Å². The minimum atomic E-state index is -4.28. The molecule has 0 bridgehead atoms. The van der Waals surface area contributed by atoms with Crippen molar-refractivity contribution >= 4 is 38.7 Å². The molecule has 2 aliphatic rings. The monoisotopic (exact) mass is 465 g/mol. The third-order valence-corrected chi connectivity index (χ3v) is 6.82. The van der Waals surface area contributed by atoms with Crippen LogP contribution in [0.1, 0.15) is 38.7 Å². The number of hydrogen-bond donors (Lipinski definition) is 2. The molecule has 1 atom stereocenters. The van der Waals surface area contributed by atoms with Gasteiger partial charge in [-0.25, -0.2) is 18.2 Å². The van der Waals surface area contributed by atoms with Crippen molar-refractivity contribution in [2.75, 3.05) is 23.9 Å². The Morgan fingerprint density at radius 2 is 2.00 bits per heavy atom. The molecule has 2 aromatic carbocycles. The number of phenols is 1. The fourth-order valence-corrected chi connectivity index (χ4v) is 5.17. The van der Waals surface area contributed by atoms with Gasteiger partial charge in [0.1, 0.15) is 23.6 Å². The van der Waals surface area contributed by atoms with E-state index in [1.54, 1.807) is 48.6 Å². The predicted octanol–water partition coefficient (Wildman–Crippen LogP) is 2.59. The summed E-state index contributed by atoms with van der Waals surface area (Å²) >= 11 is 0. The quantitative estimate of drug-likeness (QED) is 0.704. The number of anilines is 1. The minimum absolute atomic E-state index is 0.0534. The van der Waals surface area contributed by atoms with Crippen LogP contribution in [0.25, 0.3) is 10.8 Å². The first kappa shape index (κ1) is 22.1. The van der Waals surface area contributed by atoms with E-state index in [2.05, 4.69) is 0 Å². The first-order valence-corrected chi connectivity index (χ1v) is 11.6. The van der Waals surface area contributed by atoms with Gasteiger partial charge in [0.15, 0.2) is 5.82 Å². The number of fused-ring (bicyclic) bond motifs is 1. The summed E-state index contributed by atoms with van der Waals surface area (Å²) in [4.78, 5) is 25.5. The molecular weight excluding hydrogens is 441 g/mol. The van der Waals surface area contributed by atoms with Crippen molar-refractivity contribution in [1.29, 1.82) is 0 Å². The number of nitrogens with zero attached hydrogens (tertiary/aromatic N) is 2. The molecule has 0 radical (unpaired) electrons. The molecule has 2 N–H and O–H groups in total. The number of phenolic OH excluding ortho intramolecular Hbond substituents is 1. The van der Waals surface area contributed by atoms with Crippen LogP contribution in [0.3, 0.4) is 0 Å². The van der Waals surface area contributed by atoms with Crippen molar-refractivity contribution in [1.82, 2.24) is 9.62 Å². The van der Waals surface area contributed by atoms with E-state index in [-0.39, 0.29) is 11.3 Å². The average Bonchev–Trinajstić information content (AvgIpc) is 3.25. The van der Waals surface area contributed by atoms with Crippen LogP contribution in [0.5, 0.6) is 5.75 Å². The van der Waals surface area contributed by atoms with Crippen molar-refractivity contribution in [2.24, 2.45) is 0 Å². The molecular formula is C21H24FN3O6S. The Hall–Kier alpha value is -3.08. The van der Waals surface area contributed by atoms with Crippen molar-refractivity contribution in [3.05, 3.63) is 35.6 Å². The lowest BCUT2D eigenvalue weighted by molar-refractivity contribution is -0.117. The third kappa shape index (κ3) is 4.04. The van der Waals surface area contributed by atoms with Crippen molar-refractivity contribution in [3.8, 4) is 5.75 Å². The number of likely N-dealkylation sites (tertiary alicyclic amines) is 1. The highest BCUT2D eigenvalue weighted by Crippen LogP contribution is 2.40. The van der Waals surface area contributed by atoms with E-state index in [9.17, 15) is 23.1 Å². The maximum absolute atomic E-state index is 15.4. The molecule has 172 valence electrons. The summed E-state index contributed by atoms with van der Waals surface area (Å²) < 4.78 is 47.4. The van der Waals surface area contributed by atoms with E-state index in [1.807, 2.05) is 0 Å². The van der Waals surface area contributed by atoms with Gasteiger partial charge < -0.3 is 14.7 Å². The molecule has 0 spiro atoms. The molecule has 0 unspecified atom stereocenters. The summed E-state index contributed by atoms with van der Waals surface area (Å²) in [6, 6.07) is 6.28. The van der Waals surface area contributed by atoms with Gasteiger partial charge in [0.25, 0.3) is 5.91 Å². The first-order valence-electron chi connectivity index (χ1n) is 10.1. The maximum Gasteiger partial charge on any atom is 0.410 e. The summed E-state index contributed by atoms with van der Waals surface area (Å²) in [7, 11) is -4.28. The minimum Gasteiger partial charge on any atom is -0.506 e. The smallest absolute Gasteiger partial charge is 0.410 e. The highest BCUT2D eigenvalue weighted by molar-refractivity contribution is 7.92. The molecule has 2 saturated heterocycles. The van der Waals surface area contributed by atoms with Gasteiger partial charge in [-0.3, -0.25) is 4.79 Å². The number of carbonyl (C=O) groups is 2. The topological polar surface area (TPSA) is 116 Å². The Kier molecular flexibility index (Phi) is 5.19. The number of carbonyl (C=O) groups excluding carboxylic acids is 2. The number of aromatic hydroxyl groups is 1. The number of nitrogens with one attached hydrogen (secondary N) is 1. The molecule has 0 aromatic heterocycles. The first-order chi connectivity index (χ1) is 14.9. The summed E-state index contributed by atoms with van der Waals surface area (Å²) in [5, 5.41) is 10.8. The van der Waals surface area contributed by atoms with Gasteiger partial charge in [0.05, 0.1) is 0 Å². The van der Waals surface area contributed by atoms with Gasteiger partial charge in [-0.2, -0.15) is 8.42 Å². The van der Waals surface area contributed by atoms with Gasteiger partial charge in [0, 0.05) is 24.4 Å². The lowest BCUT2D eigenvalue weighted by Gasteiger charge is -2.24. The fourth-order valence-electron chi connectivity index (χ4n) is 4.01. The highest BCUT2D eigenvalue weighted by atomic mass is 32.2. The average molecular weight is 466 g/mol. The van der Waals surface area contributed by atoms with E-state index in [4.69, 9.17) is 4.74 Å². The highest BCUT2D eigenvalue weighted by Gasteiger charge is 2.38. The SMILES string of the molecule is CC(C)(C)OC(=O)N1CC[C@@H](c2ccc3cc(O)c(N4CC(=O)NS4(=O)=O)c(F)c3c2)C1. The largest absolute Gasteiger partial charge is 0.506 e. The van der Waals surface area contributed by atoms with Crippen LogP contribution in [-0.2, 0) is 19.7 Å². The van der Waals surface area contributed by atoms with Gasteiger partial charge in [-0.05, 0) is 50.3 Å². The Morgan fingerprint density at radius 1 is 1.28 bits per heavy atom. The summed E-state index contributed by atoms with van der Waals surface area (Å²) in [5.41, 5.74) is -0.404. The van der Waals surface area contributed by atoms with Crippen LogP contribution >= 0.6 is 0 Å². The zero-order valence-corrected chi connectivity index (χ0v) is 18.7. The Morgan fingerprint density at radius 3 is 2.62 bits per heavy atom. The summed E-state index contributed by atoms with van der Waals surface area (Å²) in [6.45, 7) is 5.67. The zero-order chi connectivity index (χ0) is 23.4. The standard InChI is InChI=1S/C21H24FN3O6S/c1-21(2,3)31-20(28)24-7-6-14(10-24)12-4-5-13-9-16(26)19(18(22)15(13)8-12)25-11-17(27)23-32(25,29)30/h4-5,8-9,14,26H,6-7,10-11H2,1-3H3,(H,23,27)/t14-/m1/s1. The molecule has 9 nitrogen and oxygen atoms in total. The number of ether oxygens (including phenoxy) is 1.